The lowest BCUT2D eigenvalue weighted by molar-refractivity contribution is 1.18. The molecule has 0 unspecified atom stereocenters. The predicted molar refractivity (Wildman–Crippen MR) is 76.6 cm³/mol. The van der Waals surface area contributed by atoms with E-state index in [1.165, 1.54) is 0 Å². The molecule has 5 heteroatoms. The molecular formula is C14H12N4O. The molecule has 19 heavy (non-hydrogen) atoms. The molecule has 0 saturated carbocycles. The largest absolute Gasteiger partial charge is 0.399 e. The summed E-state index contributed by atoms with van der Waals surface area (Å²) in [7, 11) is 0. The molecule has 5 N–H and O–H groups in total. The average Bonchev–Trinajstić information content (AvgIpc) is 2.40. The third kappa shape index (κ3) is 2.01. The SMILES string of the molecule is Nc1ccc(-c2nc3ccc(N)cc3c(=O)[nH]2)cc1. The van der Waals surface area contributed by atoms with Gasteiger partial charge in [-0.05, 0) is 42.5 Å². The van der Waals surface area contributed by atoms with Gasteiger partial charge in [-0.1, -0.05) is 0 Å². The fraction of sp³-hybridized carbons (Fsp3) is 0. The van der Waals surface area contributed by atoms with Crippen molar-refractivity contribution in [3.05, 3.63) is 52.8 Å². The molecular weight excluding hydrogens is 240 g/mol. The Morgan fingerprint density at radius 3 is 2.37 bits per heavy atom. The van der Waals surface area contributed by atoms with Crippen molar-refractivity contribution >= 4 is 22.3 Å². The first-order valence-electron chi connectivity index (χ1n) is 5.79. The van der Waals surface area contributed by atoms with Gasteiger partial charge < -0.3 is 16.5 Å². The van der Waals surface area contributed by atoms with Crippen LogP contribution in [0.5, 0.6) is 0 Å². The van der Waals surface area contributed by atoms with Crippen molar-refractivity contribution < 1.29 is 0 Å². The second kappa shape index (κ2) is 4.13. The maximum atomic E-state index is 12.0. The van der Waals surface area contributed by atoms with E-state index >= 15 is 0 Å². The third-order valence-corrected chi connectivity index (χ3v) is 2.91. The Bertz CT molecular complexity index is 806. The summed E-state index contributed by atoms with van der Waals surface area (Å²) in [6, 6.07) is 12.2. The minimum absolute atomic E-state index is 0.205. The molecule has 3 rings (SSSR count). The number of aromatic amines is 1. The van der Waals surface area contributed by atoms with Crippen LogP contribution >= 0.6 is 0 Å². The third-order valence-electron chi connectivity index (χ3n) is 2.91. The van der Waals surface area contributed by atoms with E-state index < -0.39 is 0 Å². The van der Waals surface area contributed by atoms with Gasteiger partial charge in [0.05, 0.1) is 10.9 Å². The summed E-state index contributed by atoms with van der Waals surface area (Å²) in [5.74, 6) is 0.516. The minimum atomic E-state index is -0.205. The van der Waals surface area contributed by atoms with Crippen LogP contribution < -0.4 is 17.0 Å². The van der Waals surface area contributed by atoms with Gasteiger partial charge in [-0.25, -0.2) is 4.98 Å². The number of fused-ring (bicyclic) bond motifs is 1. The molecule has 0 aliphatic rings. The Morgan fingerprint density at radius 2 is 1.63 bits per heavy atom. The fourth-order valence-corrected chi connectivity index (χ4v) is 1.93. The van der Waals surface area contributed by atoms with E-state index in [0.717, 1.165) is 5.56 Å². The first-order valence-corrected chi connectivity index (χ1v) is 5.79. The second-order valence-electron chi connectivity index (χ2n) is 4.31. The van der Waals surface area contributed by atoms with Crippen molar-refractivity contribution in [2.24, 2.45) is 0 Å². The minimum Gasteiger partial charge on any atom is -0.399 e. The topological polar surface area (TPSA) is 97.8 Å². The van der Waals surface area contributed by atoms with E-state index in [9.17, 15) is 4.79 Å². The van der Waals surface area contributed by atoms with Crippen LogP contribution in [-0.4, -0.2) is 9.97 Å². The first kappa shape index (κ1) is 11.3. The second-order valence-corrected chi connectivity index (χ2v) is 4.31. The number of rotatable bonds is 1. The lowest BCUT2D eigenvalue weighted by Crippen LogP contribution is -2.09. The number of anilines is 2. The Kier molecular flexibility index (Phi) is 2.45. The molecule has 1 heterocycles. The van der Waals surface area contributed by atoms with Crippen molar-refractivity contribution in [3.8, 4) is 11.4 Å². The molecule has 0 radical (unpaired) electrons. The summed E-state index contributed by atoms with van der Waals surface area (Å²) < 4.78 is 0. The van der Waals surface area contributed by atoms with Crippen molar-refractivity contribution in [1.82, 2.24) is 9.97 Å². The van der Waals surface area contributed by atoms with E-state index in [1.54, 1.807) is 30.3 Å². The fourth-order valence-electron chi connectivity index (χ4n) is 1.93. The number of nitrogens with one attached hydrogen (secondary N) is 1. The van der Waals surface area contributed by atoms with Crippen LogP contribution in [0, 0.1) is 0 Å². The van der Waals surface area contributed by atoms with Crippen LogP contribution in [0.1, 0.15) is 0 Å². The number of benzene rings is 2. The Morgan fingerprint density at radius 1 is 0.947 bits per heavy atom. The summed E-state index contributed by atoms with van der Waals surface area (Å²) >= 11 is 0. The van der Waals surface area contributed by atoms with Crippen LogP contribution in [0.15, 0.2) is 47.3 Å². The van der Waals surface area contributed by atoms with Gasteiger partial charge in [0.15, 0.2) is 0 Å². The summed E-state index contributed by atoms with van der Waals surface area (Å²) in [5, 5.41) is 0.485. The van der Waals surface area contributed by atoms with E-state index in [1.807, 2.05) is 12.1 Å². The van der Waals surface area contributed by atoms with Gasteiger partial charge in [-0.15, -0.1) is 0 Å². The number of aromatic nitrogens is 2. The van der Waals surface area contributed by atoms with Gasteiger partial charge in [-0.3, -0.25) is 4.79 Å². The zero-order chi connectivity index (χ0) is 13.4. The summed E-state index contributed by atoms with van der Waals surface area (Å²) in [6.07, 6.45) is 0. The summed E-state index contributed by atoms with van der Waals surface area (Å²) in [4.78, 5) is 19.2. The summed E-state index contributed by atoms with van der Waals surface area (Å²) in [5.41, 5.74) is 13.7. The maximum absolute atomic E-state index is 12.0. The monoisotopic (exact) mass is 252 g/mol. The lowest BCUT2D eigenvalue weighted by atomic mass is 10.1. The van der Waals surface area contributed by atoms with E-state index in [0.29, 0.717) is 28.1 Å². The Balaban J connectivity index is 2.24. The molecule has 3 aromatic rings. The van der Waals surface area contributed by atoms with Gasteiger partial charge in [0.25, 0.3) is 5.56 Å². The van der Waals surface area contributed by atoms with Crippen LogP contribution in [0.4, 0.5) is 11.4 Å². The highest BCUT2D eigenvalue weighted by Crippen LogP contribution is 2.18. The van der Waals surface area contributed by atoms with Crippen molar-refractivity contribution in [3.63, 3.8) is 0 Å². The van der Waals surface area contributed by atoms with Crippen LogP contribution in [0.3, 0.4) is 0 Å². The molecule has 0 saturated heterocycles. The molecule has 5 nitrogen and oxygen atoms in total. The molecule has 0 spiro atoms. The van der Waals surface area contributed by atoms with E-state index in [2.05, 4.69) is 9.97 Å². The van der Waals surface area contributed by atoms with Crippen molar-refractivity contribution in [1.29, 1.82) is 0 Å². The highest BCUT2D eigenvalue weighted by molar-refractivity contribution is 5.82. The molecule has 0 fully saturated rings. The molecule has 0 bridgehead atoms. The molecule has 0 atom stereocenters. The molecule has 1 aromatic heterocycles. The number of nitrogens with zero attached hydrogens (tertiary/aromatic N) is 1. The average molecular weight is 252 g/mol. The highest BCUT2D eigenvalue weighted by atomic mass is 16.1. The van der Waals surface area contributed by atoms with Crippen LogP contribution in [0.25, 0.3) is 22.3 Å². The van der Waals surface area contributed by atoms with Crippen molar-refractivity contribution in [2.75, 3.05) is 11.5 Å². The van der Waals surface area contributed by atoms with E-state index in [4.69, 9.17) is 11.5 Å². The summed E-state index contributed by atoms with van der Waals surface area (Å²) in [6.45, 7) is 0. The number of nitrogens with two attached hydrogens (primary N) is 2. The molecule has 0 aliphatic heterocycles. The van der Waals surface area contributed by atoms with E-state index in [-0.39, 0.29) is 5.56 Å². The number of H-pyrrole nitrogens is 1. The number of nitrogen functional groups attached to an aromatic ring is 2. The standard InChI is InChI=1S/C14H12N4O/c15-9-3-1-8(2-4-9)13-17-12-6-5-10(16)7-11(12)14(19)18-13/h1-7H,15-16H2,(H,17,18,19). The highest BCUT2D eigenvalue weighted by Gasteiger charge is 2.06. The molecule has 94 valence electrons. The van der Waals surface area contributed by atoms with Crippen molar-refractivity contribution in [2.45, 2.75) is 0 Å². The predicted octanol–water partition coefficient (Wildman–Crippen LogP) is 1.75. The van der Waals surface area contributed by atoms with Crippen LogP contribution in [0.2, 0.25) is 0 Å². The molecule has 0 amide bonds. The first-order chi connectivity index (χ1) is 9.13. The number of hydrogen-bond acceptors (Lipinski definition) is 4. The Labute approximate surface area is 108 Å². The van der Waals surface area contributed by atoms with Gasteiger partial charge in [-0.2, -0.15) is 0 Å². The van der Waals surface area contributed by atoms with Gasteiger partial charge in [0, 0.05) is 16.9 Å². The smallest absolute Gasteiger partial charge is 0.259 e. The zero-order valence-electron chi connectivity index (χ0n) is 10.1. The lowest BCUT2D eigenvalue weighted by Gasteiger charge is -2.04. The zero-order valence-corrected chi connectivity index (χ0v) is 10.1. The Hall–Kier alpha value is -2.82. The molecule has 2 aromatic carbocycles. The van der Waals surface area contributed by atoms with Gasteiger partial charge >= 0.3 is 0 Å². The maximum Gasteiger partial charge on any atom is 0.259 e. The normalized spacial score (nSPS) is 10.7. The number of hydrogen-bond donors (Lipinski definition) is 3. The molecule has 0 aliphatic carbocycles. The quantitative estimate of drug-likeness (QED) is 0.575. The van der Waals surface area contributed by atoms with Gasteiger partial charge in [0.2, 0.25) is 0 Å². The van der Waals surface area contributed by atoms with Crippen LogP contribution in [-0.2, 0) is 0 Å². The van der Waals surface area contributed by atoms with Gasteiger partial charge in [0.1, 0.15) is 5.82 Å².